The molecule has 0 saturated heterocycles. The van der Waals surface area contributed by atoms with Crippen molar-refractivity contribution in [2.45, 2.75) is 25.7 Å². The first-order valence-corrected chi connectivity index (χ1v) is 19.7. The zero-order chi connectivity index (χ0) is 32.0. The van der Waals surface area contributed by atoms with Gasteiger partial charge in [0.05, 0.1) is 0 Å². The molecule has 0 atom stereocenters. The van der Waals surface area contributed by atoms with Crippen molar-refractivity contribution in [3.8, 4) is 0 Å². The van der Waals surface area contributed by atoms with Crippen LogP contribution in [0.2, 0.25) is 0 Å². The topological polar surface area (TPSA) is 101 Å². The van der Waals surface area contributed by atoms with Crippen LogP contribution in [0, 0.1) is 0 Å². The van der Waals surface area contributed by atoms with Crippen LogP contribution in [-0.2, 0) is 18.3 Å². The highest BCUT2D eigenvalue weighted by atomic mass is 31.2. The third-order valence-electron chi connectivity index (χ3n) is 6.84. The molecule has 0 spiro atoms. The van der Waals surface area contributed by atoms with E-state index in [1.54, 1.807) is 159 Å². The molecule has 0 aromatic carbocycles. The molecule has 0 rings (SSSR count). The average Bonchev–Trinajstić information content (AvgIpc) is 2.82. The fourth-order valence-electron chi connectivity index (χ4n) is 4.77. The standard InChI is InChI=1S/C22H60N10O4P4/c1-23(2)37(33,24(3)4)31(38(34,25(5)6)26(7)8)21-19-17-18-20-22-32(39(35,27(9)10)28(11)12)40(36,29(13)14)30(15)16/h17-22H2,1-16H3. The molecule has 0 amide bonds. The summed E-state index contributed by atoms with van der Waals surface area (Å²) in [5.74, 6) is 0. The summed E-state index contributed by atoms with van der Waals surface area (Å²) in [5.41, 5.74) is 0. The first-order valence-electron chi connectivity index (χ1n) is 13.4. The van der Waals surface area contributed by atoms with E-state index in [-0.39, 0.29) is 0 Å². The Hall–Kier alpha value is 0.520. The van der Waals surface area contributed by atoms with Crippen LogP contribution in [0.1, 0.15) is 25.7 Å². The molecular weight excluding hydrogens is 592 g/mol. The van der Waals surface area contributed by atoms with Crippen LogP contribution in [0.15, 0.2) is 0 Å². The summed E-state index contributed by atoms with van der Waals surface area (Å²) in [5, 5.41) is 0. The lowest BCUT2D eigenvalue weighted by atomic mass is 10.2. The van der Waals surface area contributed by atoms with Crippen molar-refractivity contribution in [1.29, 1.82) is 0 Å². The number of rotatable bonds is 19. The number of hydrogen-bond acceptors (Lipinski definition) is 4. The monoisotopic (exact) mass is 652 g/mol. The van der Waals surface area contributed by atoms with E-state index in [9.17, 15) is 18.3 Å². The molecular formula is C22H60N10O4P4. The van der Waals surface area contributed by atoms with Crippen LogP contribution >= 0.6 is 30.4 Å². The van der Waals surface area contributed by atoms with Gasteiger partial charge in [0.1, 0.15) is 0 Å². The van der Waals surface area contributed by atoms with Crippen LogP contribution in [0.25, 0.3) is 0 Å². The first-order chi connectivity index (χ1) is 18.0. The smallest absolute Gasteiger partial charge is 0.270 e. The predicted molar refractivity (Wildman–Crippen MR) is 172 cm³/mol. The molecule has 0 fully saturated rings. The van der Waals surface area contributed by atoms with Crippen LogP contribution in [0.5, 0.6) is 0 Å². The van der Waals surface area contributed by atoms with E-state index in [4.69, 9.17) is 0 Å². The number of unbranched alkanes of at least 4 members (excludes halogenated alkanes) is 3. The molecule has 0 aromatic rings. The predicted octanol–water partition coefficient (Wildman–Crippen LogP) is 4.08. The van der Waals surface area contributed by atoms with E-state index < -0.39 is 30.4 Å². The lowest BCUT2D eigenvalue weighted by Crippen LogP contribution is -2.40. The van der Waals surface area contributed by atoms with Gasteiger partial charge >= 0.3 is 0 Å². The van der Waals surface area contributed by atoms with E-state index in [1.165, 1.54) is 0 Å². The Morgan fingerprint density at radius 3 is 0.575 bits per heavy atom. The molecule has 0 aliphatic carbocycles. The Morgan fingerprint density at radius 1 is 0.300 bits per heavy atom. The molecule has 0 N–H and O–H groups in total. The van der Waals surface area contributed by atoms with Gasteiger partial charge in [-0.25, -0.2) is 37.4 Å². The minimum atomic E-state index is -3.31. The minimum Gasteiger partial charge on any atom is -0.270 e. The molecule has 0 saturated carbocycles. The quantitative estimate of drug-likeness (QED) is 0.148. The molecule has 0 unspecified atom stereocenters. The van der Waals surface area contributed by atoms with Crippen LogP contribution < -0.4 is 0 Å². The molecule has 0 aliphatic rings. The molecule has 0 heterocycles. The average molecular weight is 653 g/mol. The van der Waals surface area contributed by atoms with Crippen molar-refractivity contribution < 1.29 is 18.3 Å². The summed E-state index contributed by atoms with van der Waals surface area (Å²) in [4.78, 5) is 0. The Bertz CT molecular complexity index is 783. The van der Waals surface area contributed by atoms with Crippen molar-refractivity contribution in [3.05, 3.63) is 0 Å². The largest absolute Gasteiger partial charge is 0.293 e. The summed E-state index contributed by atoms with van der Waals surface area (Å²) in [6.45, 7) is 0.736. The second-order valence-electron chi connectivity index (χ2n) is 11.4. The van der Waals surface area contributed by atoms with Crippen molar-refractivity contribution in [2.24, 2.45) is 0 Å². The van der Waals surface area contributed by atoms with Crippen LogP contribution in [-0.4, -0.2) is 172 Å². The molecule has 0 aliphatic heterocycles. The Labute approximate surface area is 246 Å². The summed E-state index contributed by atoms with van der Waals surface area (Å²) < 4.78 is 73.9. The maximum Gasteiger partial charge on any atom is 0.293 e. The molecule has 18 heteroatoms. The fourth-order valence-corrected chi connectivity index (χ4v) is 18.8. The highest BCUT2D eigenvalue weighted by Crippen LogP contribution is 2.70. The third-order valence-corrected chi connectivity index (χ3v) is 21.2. The first kappa shape index (κ1) is 40.5. The van der Waals surface area contributed by atoms with E-state index in [2.05, 4.69) is 0 Å². The van der Waals surface area contributed by atoms with E-state index >= 15 is 0 Å². The summed E-state index contributed by atoms with van der Waals surface area (Å²) in [6, 6.07) is 0. The highest BCUT2D eigenvalue weighted by Gasteiger charge is 2.50. The van der Waals surface area contributed by atoms with Gasteiger partial charge in [-0.3, -0.25) is 18.3 Å². The van der Waals surface area contributed by atoms with Crippen molar-refractivity contribution in [1.82, 2.24) is 46.2 Å². The van der Waals surface area contributed by atoms with Crippen molar-refractivity contribution >= 4 is 30.4 Å². The Morgan fingerprint density at radius 2 is 0.450 bits per heavy atom. The van der Waals surface area contributed by atoms with Gasteiger partial charge in [-0.1, -0.05) is 12.8 Å². The fraction of sp³-hybridized carbons (Fsp3) is 1.00. The highest BCUT2D eigenvalue weighted by molar-refractivity contribution is 7.72. The van der Waals surface area contributed by atoms with E-state index in [0.717, 1.165) is 12.8 Å². The van der Waals surface area contributed by atoms with Gasteiger partial charge in [-0.15, -0.1) is 0 Å². The van der Waals surface area contributed by atoms with Crippen molar-refractivity contribution in [3.63, 3.8) is 0 Å². The third kappa shape index (κ3) is 8.16. The SMILES string of the molecule is CN(C)P(=O)(N(C)C)N(CCCCCCN(P(=O)(N(C)C)N(C)C)P(=O)(N(C)C)N(C)C)P(=O)(N(C)C)N(C)C. The molecule has 0 aromatic heterocycles. The molecule has 40 heavy (non-hydrogen) atoms. The van der Waals surface area contributed by atoms with E-state index in [0.29, 0.717) is 25.9 Å². The zero-order valence-corrected chi connectivity index (χ0v) is 31.7. The number of nitrogens with zero attached hydrogens (tertiary/aromatic N) is 10. The van der Waals surface area contributed by atoms with E-state index in [1.807, 2.05) is 0 Å². The minimum absolute atomic E-state index is 0.368. The summed E-state index contributed by atoms with van der Waals surface area (Å²) >= 11 is 0. The van der Waals surface area contributed by atoms with Crippen molar-refractivity contribution in [2.75, 3.05) is 126 Å². The van der Waals surface area contributed by atoms with Crippen LogP contribution in [0.3, 0.4) is 0 Å². The summed E-state index contributed by atoms with van der Waals surface area (Å²) in [7, 11) is 14.7. The van der Waals surface area contributed by atoms with Gasteiger partial charge < -0.3 is 0 Å². The molecule has 242 valence electrons. The van der Waals surface area contributed by atoms with Gasteiger partial charge in [0.2, 0.25) is 0 Å². The maximum absolute atomic E-state index is 14.3. The van der Waals surface area contributed by atoms with Crippen LogP contribution in [0.4, 0.5) is 0 Å². The Kier molecular flexibility index (Phi) is 16.2. The lowest BCUT2D eigenvalue weighted by molar-refractivity contribution is 0.335. The number of hydrogen-bond donors (Lipinski definition) is 0. The second kappa shape index (κ2) is 16.0. The maximum atomic E-state index is 14.3. The van der Waals surface area contributed by atoms with Gasteiger partial charge in [-0.05, 0) is 126 Å². The summed E-state index contributed by atoms with van der Waals surface area (Å²) in [6.07, 6.45) is 2.87. The van der Waals surface area contributed by atoms with Gasteiger partial charge in [0.25, 0.3) is 30.4 Å². The normalized spacial score (nSPS) is 14.8. The van der Waals surface area contributed by atoms with Gasteiger partial charge in [-0.2, -0.15) is 8.88 Å². The lowest BCUT2D eigenvalue weighted by Gasteiger charge is -2.46. The molecule has 0 radical (unpaired) electrons. The van der Waals surface area contributed by atoms with Gasteiger partial charge in [0.15, 0.2) is 0 Å². The Balaban J connectivity index is 6.02. The molecule has 0 bridgehead atoms. The molecule has 14 nitrogen and oxygen atoms in total. The second-order valence-corrected chi connectivity index (χ2v) is 24.5. The van der Waals surface area contributed by atoms with Gasteiger partial charge in [0, 0.05) is 13.1 Å². The zero-order valence-electron chi connectivity index (χ0n) is 28.1.